The molecule has 1 unspecified atom stereocenters. The molecule has 0 amide bonds. The highest BCUT2D eigenvalue weighted by atomic mass is 35.5. The van der Waals surface area contributed by atoms with E-state index in [0.29, 0.717) is 5.92 Å². The quantitative estimate of drug-likeness (QED) is 0.272. The number of nitrogens with zero attached hydrogens (tertiary/aromatic N) is 4. The first-order valence-electron chi connectivity index (χ1n) is 13.2. The molecule has 5 aromatic rings. The van der Waals surface area contributed by atoms with E-state index in [4.69, 9.17) is 21.3 Å². The Morgan fingerprint density at radius 3 is 2.53 bits per heavy atom. The van der Waals surface area contributed by atoms with Crippen LogP contribution in [0, 0.1) is 12.8 Å². The molecule has 1 fully saturated rings. The first-order chi connectivity index (χ1) is 18.2. The molecule has 1 aliphatic rings. The monoisotopic (exact) mass is 528 g/mol. The van der Waals surface area contributed by atoms with Crippen LogP contribution in [0.1, 0.15) is 49.4 Å². The van der Waals surface area contributed by atoms with E-state index < -0.39 is 5.60 Å². The van der Waals surface area contributed by atoms with E-state index >= 15 is 0 Å². The van der Waals surface area contributed by atoms with Gasteiger partial charge in [0, 0.05) is 42.4 Å². The Balaban J connectivity index is 1.70. The average molecular weight is 529 g/mol. The van der Waals surface area contributed by atoms with Gasteiger partial charge in [-0.1, -0.05) is 35.9 Å². The third-order valence-electron chi connectivity index (χ3n) is 7.92. The van der Waals surface area contributed by atoms with Crippen molar-refractivity contribution in [1.29, 1.82) is 0 Å². The van der Waals surface area contributed by atoms with Crippen LogP contribution in [0.3, 0.4) is 0 Å². The number of hydrogen-bond acceptors (Lipinski definition) is 4. The van der Waals surface area contributed by atoms with Crippen LogP contribution in [0.5, 0.6) is 0 Å². The van der Waals surface area contributed by atoms with Crippen molar-refractivity contribution in [3.05, 3.63) is 82.6 Å². The number of benzene rings is 2. The molecule has 0 radical (unpaired) electrons. The van der Waals surface area contributed by atoms with Gasteiger partial charge in [0.2, 0.25) is 0 Å². The summed E-state index contributed by atoms with van der Waals surface area (Å²) in [5, 5.41) is 17.2. The topological polar surface area (TPSA) is 65.1 Å². The Hall–Kier alpha value is -3.19. The normalized spacial score (nSPS) is 15.9. The summed E-state index contributed by atoms with van der Waals surface area (Å²) in [6, 6.07) is 16.7. The number of ether oxygens (including phenoxy) is 1. The molecule has 1 saturated heterocycles. The zero-order chi connectivity index (χ0) is 26.6. The largest absolute Gasteiger partial charge is 0.386 e. The van der Waals surface area contributed by atoms with E-state index in [0.717, 1.165) is 75.4 Å². The summed E-state index contributed by atoms with van der Waals surface area (Å²) in [6.07, 6.45) is 5.75. The van der Waals surface area contributed by atoms with Crippen molar-refractivity contribution >= 4 is 33.5 Å². The summed E-state index contributed by atoms with van der Waals surface area (Å²) in [7, 11) is 1.97. The fourth-order valence-electron chi connectivity index (χ4n) is 6.03. The van der Waals surface area contributed by atoms with Gasteiger partial charge in [0.1, 0.15) is 0 Å². The molecular formula is C31H33ClN4O2. The van der Waals surface area contributed by atoms with Crippen LogP contribution in [0.25, 0.3) is 33.2 Å². The second-order valence-electron chi connectivity index (χ2n) is 11.0. The van der Waals surface area contributed by atoms with E-state index in [1.54, 1.807) is 0 Å². The molecule has 0 aliphatic carbocycles. The summed E-state index contributed by atoms with van der Waals surface area (Å²) >= 11 is 6.55. The number of aliphatic hydroxyl groups is 1. The molecular weight excluding hydrogens is 496 g/mol. The zero-order valence-corrected chi connectivity index (χ0v) is 23.0. The molecule has 6 rings (SSSR count). The van der Waals surface area contributed by atoms with Crippen molar-refractivity contribution in [3.63, 3.8) is 0 Å². The van der Waals surface area contributed by atoms with Crippen LogP contribution in [0.2, 0.25) is 5.02 Å². The van der Waals surface area contributed by atoms with Gasteiger partial charge in [0.25, 0.3) is 0 Å². The van der Waals surface area contributed by atoms with E-state index in [2.05, 4.69) is 46.9 Å². The number of fused-ring (bicyclic) bond motifs is 3. The Labute approximate surface area is 227 Å². The Bertz CT molecular complexity index is 1620. The van der Waals surface area contributed by atoms with E-state index in [1.165, 1.54) is 5.56 Å². The van der Waals surface area contributed by atoms with Crippen molar-refractivity contribution in [1.82, 2.24) is 19.3 Å². The lowest BCUT2D eigenvalue weighted by molar-refractivity contribution is 0.0552. The zero-order valence-electron chi connectivity index (χ0n) is 22.3. The number of rotatable bonds is 5. The summed E-state index contributed by atoms with van der Waals surface area (Å²) in [5.74, 6) is 0.355. The highest BCUT2D eigenvalue weighted by Gasteiger charge is 2.31. The second-order valence-corrected chi connectivity index (χ2v) is 11.4. The number of aryl methyl sites for hydroxylation is 2. The van der Waals surface area contributed by atoms with Gasteiger partial charge in [-0.15, -0.1) is 0 Å². The molecule has 1 aliphatic heterocycles. The highest BCUT2D eigenvalue weighted by molar-refractivity contribution is 6.30. The van der Waals surface area contributed by atoms with Crippen molar-refractivity contribution in [3.8, 4) is 11.3 Å². The van der Waals surface area contributed by atoms with Crippen LogP contribution in [0.15, 0.2) is 60.9 Å². The number of pyridine rings is 1. The Morgan fingerprint density at radius 1 is 1.05 bits per heavy atom. The van der Waals surface area contributed by atoms with Gasteiger partial charge in [-0.05, 0) is 80.5 Å². The van der Waals surface area contributed by atoms with Crippen LogP contribution in [-0.4, -0.2) is 37.7 Å². The molecule has 1 N–H and O–H groups in total. The first kappa shape index (κ1) is 25.1. The molecule has 1 atom stereocenters. The van der Waals surface area contributed by atoms with Crippen LogP contribution < -0.4 is 0 Å². The Morgan fingerprint density at radius 2 is 1.84 bits per heavy atom. The predicted octanol–water partition coefficient (Wildman–Crippen LogP) is 6.80. The first-order valence-corrected chi connectivity index (χ1v) is 13.6. The maximum absolute atomic E-state index is 10.9. The minimum absolute atomic E-state index is 0.0272. The van der Waals surface area contributed by atoms with Crippen molar-refractivity contribution in [2.24, 2.45) is 13.0 Å². The summed E-state index contributed by atoms with van der Waals surface area (Å²) in [4.78, 5) is 5.02. The minimum atomic E-state index is -0.968. The molecule has 0 spiro atoms. The van der Waals surface area contributed by atoms with Gasteiger partial charge in [-0.25, -0.2) is 0 Å². The number of halogens is 1. The molecule has 0 saturated carbocycles. The second kappa shape index (κ2) is 9.53. The van der Waals surface area contributed by atoms with Gasteiger partial charge in [0.15, 0.2) is 0 Å². The molecule has 6 nitrogen and oxygen atoms in total. The van der Waals surface area contributed by atoms with E-state index in [1.807, 2.05) is 56.2 Å². The molecule has 7 heteroatoms. The summed E-state index contributed by atoms with van der Waals surface area (Å²) in [6.45, 7) is 7.22. The third-order valence-corrected chi connectivity index (χ3v) is 8.16. The van der Waals surface area contributed by atoms with Crippen LogP contribution in [-0.2, 0) is 17.4 Å². The molecule has 196 valence electrons. The fraction of sp³-hybridized carbons (Fsp3) is 0.355. The van der Waals surface area contributed by atoms with Gasteiger partial charge in [-0.2, -0.15) is 5.10 Å². The van der Waals surface area contributed by atoms with Gasteiger partial charge >= 0.3 is 0 Å². The maximum Gasteiger partial charge on any atom is 0.0960 e. The lowest BCUT2D eigenvalue weighted by Gasteiger charge is -2.33. The standard InChI is InChI=1S/C31H33ClN4O2/c1-19-17-34-35(4)29(19)22-15-27-28(33-18-22)25-9-8-23(31(2,3)37)16-26(25)36(27)30(20-10-12-38-13-11-20)21-6-5-7-24(32)14-21/h5-9,14-18,20,30,37H,10-13H2,1-4H3. The lowest BCUT2D eigenvalue weighted by atomic mass is 9.86. The molecule has 0 bridgehead atoms. The third kappa shape index (κ3) is 4.31. The number of aromatic nitrogens is 4. The van der Waals surface area contributed by atoms with Crippen LogP contribution in [0.4, 0.5) is 0 Å². The number of hydrogen-bond donors (Lipinski definition) is 1. The lowest BCUT2D eigenvalue weighted by Crippen LogP contribution is -2.27. The van der Waals surface area contributed by atoms with Crippen molar-refractivity contribution in [2.75, 3.05) is 13.2 Å². The van der Waals surface area contributed by atoms with Gasteiger partial charge in [0.05, 0.1) is 40.1 Å². The smallest absolute Gasteiger partial charge is 0.0960 e. The summed E-state index contributed by atoms with van der Waals surface area (Å²) in [5.41, 5.74) is 7.32. The maximum atomic E-state index is 10.9. The van der Waals surface area contributed by atoms with Gasteiger partial charge in [-0.3, -0.25) is 9.67 Å². The molecule has 4 heterocycles. The molecule has 38 heavy (non-hydrogen) atoms. The molecule has 2 aromatic carbocycles. The predicted molar refractivity (Wildman–Crippen MR) is 153 cm³/mol. The highest BCUT2D eigenvalue weighted by Crippen LogP contribution is 2.42. The SMILES string of the molecule is Cc1cnn(C)c1-c1cnc2c3ccc(C(C)(C)O)cc3n(C(c3cccc(Cl)c3)C3CCOCC3)c2c1. The summed E-state index contributed by atoms with van der Waals surface area (Å²) < 4.78 is 10.1. The van der Waals surface area contributed by atoms with Crippen molar-refractivity contribution in [2.45, 2.75) is 45.3 Å². The fourth-order valence-corrected chi connectivity index (χ4v) is 6.23. The van der Waals surface area contributed by atoms with E-state index in [-0.39, 0.29) is 6.04 Å². The average Bonchev–Trinajstić information content (AvgIpc) is 3.40. The van der Waals surface area contributed by atoms with Crippen molar-refractivity contribution < 1.29 is 9.84 Å². The molecule has 3 aromatic heterocycles. The van der Waals surface area contributed by atoms with E-state index in [9.17, 15) is 5.11 Å². The van der Waals surface area contributed by atoms with Gasteiger partial charge < -0.3 is 14.4 Å². The van der Waals surface area contributed by atoms with Crippen LogP contribution >= 0.6 is 11.6 Å². The Kier molecular flexibility index (Phi) is 6.29. The minimum Gasteiger partial charge on any atom is -0.386 e.